The first-order valence-electron chi connectivity index (χ1n) is 4.26. The lowest BCUT2D eigenvalue weighted by molar-refractivity contribution is 0.194. The maximum atomic E-state index is 8.86. The Kier molecular flexibility index (Phi) is 3.85. The second-order valence-electron chi connectivity index (χ2n) is 2.85. The van der Waals surface area contributed by atoms with Crippen LogP contribution in [0.15, 0.2) is 0 Å². The van der Waals surface area contributed by atoms with Crippen molar-refractivity contribution in [2.75, 3.05) is 13.7 Å². The van der Waals surface area contributed by atoms with Gasteiger partial charge < -0.3 is 14.4 Å². The van der Waals surface area contributed by atoms with Gasteiger partial charge in [0.05, 0.1) is 0 Å². The normalized spacial score (nSPS) is 10.7. The minimum atomic E-state index is -0.0617. The molecule has 1 N–H and O–H groups in total. The van der Waals surface area contributed by atoms with E-state index in [9.17, 15) is 0 Å². The van der Waals surface area contributed by atoms with Crippen molar-refractivity contribution in [3.05, 3.63) is 11.6 Å². The smallest absolute Gasteiger partial charge is 0.158 e. The van der Waals surface area contributed by atoms with Gasteiger partial charge in [-0.2, -0.15) is 0 Å². The number of hydrogen-bond donors (Lipinski definition) is 1. The molecule has 0 aliphatic rings. The molecule has 5 heteroatoms. The molecule has 0 radical (unpaired) electrons. The lowest BCUT2D eigenvalue weighted by Crippen LogP contribution is -2.03. The molecule has 13 heavy (non-hydrogen) atoms. The lowest BCUT2D eigenvalue weighted by atomic mass is 10.3. The summed E-state index contributed by atoms with van der Waals surface area (Å²) >= 11 is 0. The van der Waals surface area contributed by atoms with E-state index in [2.05, 4.69) is 10.2 Å². The van der Waals surface area contributed by atoms with Crippen molar-refractivity contribution >= 4 is 0 Å². The van der Waals surface area contributed by atoms with Gasteiger partial charge in [-0.15, -0.1) is 10.2 Å². The molecule has 0 amide bonds. The highest BCUT2D eigenvalue weighted by Gasteiger charge is 2.06. The molecule has 0 aromatic carbocycles. The van der Waals surface area contributed by atoms with E-state index in [-0.39, 0.29) is 6.61 Å². The Bertz CT molecular complexity index is 260. The summed E-state index contributed by atoms with van der Waals surface area (Å²) in [5.41, 5.74) is 0. The second kappa shape index (κ2) is 4.94. The molecule has 0 fully saturated rings. The number of aliphatic hydroxyl groups excluding tert-OH is 1. The number of hydrogen-bond acceptors (Lipinski definition) is 4. The van der Waals surface area contributed by atoms with Crippen LogP contribution in [0.3, 0.4) is 0 Å². The molecular weight excluding hydrogens is 170 g/mol. The molecule has 1 heterocycles. The predicted molar refractivity (Wildman–Crippen MR) is 47.1 cm³/mol. The van der Waals surface area contributed by atoms with Gasteiger partial charge in [-0.1, -0.05) is 0 Å². The van der Waals surface area contributed by atoms with Crippen LogP contribution in [0, 0.1) is 0 Å². The molecule has 1 aromatic rings. The van der Waals surface area contributed by atoms with Crippen LogP contribution >= 0.6 is 0 Å². The Morgan fingerprint density at radius 3 is 2.62 bits per heavy atom. The highest BCUT2D eigenvalue weighted by Crippen LogP contribution is 2.01. The van der Waals surface area contributed by atoms with Crippen LogP contribution < -0.4 is 0 Å². The van der Waals surface area contributed by atoms with Gasteiger partial charge in [-0.05, 0) is 6.42 Å². The maximum Gasteiger partial charge on any atom is 0.158 e. The first-order valence-corrected chi connectivity index (χ1v) is 4.26. The van der Waals surface area contributed by atoms with Gasteiger partial charge in [0.2, 0.25) is 0 Å². The number of methoxy groups -OCH3 is 1. The largest absolute Gasteiger partial charge is 0.388 e. The summed E-state index contributed by atoms with van der Waals surface area (Å²) in [6.45, 7) is 0.662. The van der Waals surface area contributed by atoms with Crippen LogP contribution in [-0.2, 0) is 24.8 Å². The van der Waals surface area contributed by atoms with E-state index < -0.39 is 0 Å². The Morgan fingerprint density at radius 1 is 1.38 bits per heavy atom. The predicted octanol–water partition coefficient (Wildman–Crippen LogP) is -0.114. The van der Waals surface area contributed by atoms with Crippen molar-refractivity contribution < 1.29 is 9.84 Å². The number of nitrogens with zero attached hydrogens (tertiary/aromatic N) is 3. The second-order valence-corrected chi connectivity index (χ2v) is 2.85. The molecule has 0 atom stereocenters. The van der Waals surface area contributed by atoms with Crippen molar-refractivity contribution in [3.63, 3.8) is 0 Å². The molecule has 0 saturated carbocycles. The van der Waals surface area contributed by atoms with E-state index in [0.717, 1.165) is 25.3 Å². The highest BCUT2D eigenvalue weighted by molar-refractivity contribution is 4.93. The quantitative estimate of drug-likeness (QED) is 0.650. The molecule has 1 aromatic heterocycles. The summed E-state index contributed by atoms with van der Waals surface area (Å²) < 4.78 is 6.74. The van der Waals surface area contributed by atoms with Crippen LogP contribution in [0.5, 0.6) is 0 Å². The minimum absolute atomic E-state index is 0.0617. The summed E-state index contributed by atoms with van der Waals surface area (Å²) in [6.07, 6.45) is 1.76. The molecule has 0 unspecified atom stereocenters. The summed E-state index contributed by atoms with van der Waals surface area (Å²) in [6, 6.07) is 0. The van der Waals surface area contributed by atoms with Crippen molar-refractivity contribution in [1.82, 2.24) is 14.8 Å². The molecule has 0 aliphatic heterocycles. The average molecular weight is 185 g/mol. The Morgan fingerprint density at radius 2 is 2.08 bits per heavy atom. The number of rotatable bonds is 5. The van der Waals surface area contributed by atoms with E-state index in [1.807, 2.05) is 11.6 Å². The third-order valence-corrected chi connectivity index (χ3v) is 1.95. The number of aryl methyl sites for hydroxylation is 1. The molecule has 0 bridgehead atoms. The van der Waals surface area contributed by atoms with Crippen LogP contribution in [0.25, 0.3) is 0 Å². The topological polar surface area (TPSA) is 60.2 Å². The zero-order chi connectivity index (χ0) is 9.68. The number of aliphatic hydroxyl groups is 1. The molecule has 0 saturated heterocycles. The highest BCUT2D eigenvalue weighted by atomic mass is 16.5. The molecular formula is C8H15N3O2. The van der Waals surface area contributed by atoms with E-state index in [1.165, 1.54) is 0 Å². The third-order valence-electron chi connectivity index (χ3n) is 1.95. The van der Waals surface area contributed by atoms with Crippen LogP contribution in [-0.4, -0.2) is 33.6 Å². The SMILES string of the molecule is COCCCc1nnc(CO)n1C. The number of aromatic nitrogens is 3. The Balaban J connectivity index is 2.51. The summed E-state index contributed by atoms with van der Waals surface area (Å²) in [5.74, 6) is 1.49. The van der Waals surface area contributed by atoms with Crippen molar-refractivity contribution in [1.29, 1.82) is 0 Å². The fraction of sp³-hybridized carbons (Fsp3) is 0.750. The van der Waals surface area contributed by atoms with Gasteiger partial charge in [0.25, 0.3) is 0 Å². The molecule has 0 spiro atoms. The summed E-state index contributed by atoms with van der Waals surface area (Å²) in [7, 11) is 3.53. The van der Waals surface area contributed by atoms with Crippen LogP contribution in [0.1, 0.15) is 18.1 Å². The van der Waals surface area contributed by atoms with Gasteiger partial charge >= 0.3 is 0 Å². The first kappa shape index (κ1) is 10.1. The summed E-state index contributed by atoms with van der Waals surface area (Å²) in [5, 5.41) is 16.6. The van der Waals surface area contributed by atoms with Crippen molar-refractivity contribution in [3.8, 4) is 0 Å². The molecule has 0 aliphatic carbocycles. The van der Waals surface area contributed by atoms with Gasteiger partial charge in [0.15, 0.2) is 5.82 Å². The van der Waals surface area contributed by atoms with E-state index in [4.69, 9.17) is 9.84 Å². The van der Waals surface area contributed by atoms with Gasteiger partial charge in [0.1, 0.15) is 12.4 Å². The lowest BCUT2D eigenvalue weighted by Gasteiger charge is -2.01. The third kappa shape index (κ3) is 2.50. The van der Waals surface area contributed by atoms with Crippen molar-refractivity contribution in [2.45, 2.75) is 19.4 Å². The Hall–Kier alpha value is -0.940. The zero-order valence-electron chi connectivity index (χ0n) is 8.03. The number of ether oxygens (including phenoxy) is 1. The summed E-state index contributed by atoms with van der Waals surface area (Å²) in [4.78, 5) is 0. The fourth-order valence-electron chi connectivity index (χ4n) is 1.13. The monoisotopic (exact) mass is 185 g/mol. The van der Waals surface area contributed by atoms with E-state index >= 15 is 0 Å². The van der Waals surface area contributed by atoms with Gasteiger partial charge in [-0.25, -0.2) is 0 Å². The van der Waals surface area contributed by atoms with E-state index in [1.54, 1.807) is 7.11 Å². The minimum Gasteiger partial charge on any atom is -0.388 e. The zero-order valence-corrected chi connectivity index (χ0v) is 8.03. The molecule has 5 nitrogen and oxygen atoms in total. The molecule has 1 rings (SSSR count). The fourth-order valence-corrected chi connectivity index (χ4v) is 1.13. The average Bonchev–Trinajstić information content (AvgIpc) is 2.48. The van der Waals surface area contributed by atoms with Gasteiger partial charge in [0, 0.05) is 27.2 Å². The first-order chi connectivity index (χ1) is 6.29. The van der Waals surface area contributed by atoms with Crippen LogP contribution in [0.2, 0.25) is 0 Å². The van der Waals surface area contributed by atoms with Crippen molar-refractivity contribution in [2.24, 2.45) is 7.05 Å². The molecule has 74 valence electrons. The van der Waals surface area contributed by atoms with E-state index in [0.29, 0.717) is 5.82 Å². The van der Waals surface area contributed by atoms with Crippen LogP contribution in [0.4, 0.5) is 0 Å². The van der Waals surface area contributed by atoms with Gasteiger partial charge in [-0.3, -0.25) is 0 Å². The Labute approximate surface area is 77.4 Å². The standard InChI is InChI=1S/C8H15N3O2/c1-11-7(4-3-5-13-2)9-10-8(11)6-12/h12H,3-6H2,1-2H3. The maximum absolute atomic E-state index is 8.86.